The van der Waals surface area contributed by atoms with Gasteiger partial charge in [0.1, 0.15) is 0 Å². The molecule has 7 heteroatoms. The summed E-state index contributed by atoms with van der Waals surface area (Å²) in [6, 6.07) is 5.12. The predicted molar refractivity (Wildman–Crippen MR) is 129 cm³/mol. The van der Waals surface area contributed by atoms with Crippen molar-refractivity contribution in [1.29, 1.82) is 0 Å². The van der Waals surface area contributed by atoms with E-state index in [4.69, 9.17) is 14.2 Å². The van der Waals surface area contributed by atoms with Gasteiger partial charge in [-0.3, -0.25) is 4.90 Å². The van der Waals surface area contributed by atoms with Crippen LogP contribution in [-0.4, -0.2) is 93.5 Å². The predicted octanol–water partition coefficient (Wildman–Crippen LogP) is 3.44. The summed E-state index contributed by atoms with van der Waals surface area (Å²) in [5.41, 5.74) is 2.80. The standard InChI is InChI=1S/C26H41N3O4/c1-4-9-29(23-6-5-21-17-24(31-2)25(32-3)18-22(21)16-23)19-20-7-10-27(11-8-20)26(30)28-12-14-33-15-13-28/h17-18,20,23H,4-16,19H2,1-3H3/t23-/m1/s1. The Kier molecular flexibility index (Phi) is 8.36. The topological polar surface area (TPSA) is 54.5 Å². The molecule has 0 aromatic heterocycles. The van der Waals surface area contributed by atoms with Crippen LogP contribution in [0.1, 0.15) is 43.7 Å². The fourth-order valence-electron chi connectivity index (χ4n) is 5.68. The van der Waals surface area contributed by atoms with Crippen LogP contribution in [0.3, 0.4) is 0 Å². The molecular formula is C26H41N3O4. The van der Waals surface area contributed by atoms with Crippen LogP contribution in [0, 0.1) is 5.92 Å². The molecule has 7 nitrogen and oxygen atoms in total. The average molecular weight is 460 g/mol. The van der Waals surface area contributed by atoms with E-state index in [1.165, 1.54) is 24.0 Å². The average Bonchev–Trinajstić information content (AvgIpc) is 2.87. The van der Waals surface area contributed by atoms with E-state index in [2.05, 4.69) is 28.9 Å². The Balaban J connectivity index is 1.33. The summed E-state index contributed by atoms with van der Waals surface area (Å²) >= 11 is 0. The van der Waals surface area contributed by atoms with Crippen molar-refractivity contribution in [2.45, 2.75) is 51.5 Å². The number of piperidine rings is 1. The Morgan fingerprint density at radius 3 is 2.27 bits per heavy atom. The molecule has 4 rings (SSSR count). The molecule has 0 saturated carbocycles. The van der Waals surface area contributed by atoms with Gasteiger partial charge in [-0.1, -0.05) is 6.92 Å². The zero-order valence-corrected chi connectivity index (χ0v) is 20.7. The number of benzene rings is 1. The van der Waals surface area contributed by atoms with Gasteiger partial charge in [0.15, 0.2) is 11.5 Å². The number of methoxy groups -OCH3 is 2. The van der Waals surface area contributed by atoms with E-state index in [-0.39, 0.29) is 6.03 Å². The lowest BCUT2D eigenvalue weighted by atomic mass is 9.86. The van der Waals surface area contributed by atoms with E-state index in [1.807, 2.05) is 4.90 Å². The highest BCUT2D eigenvalue weighted by Gasteiger charge is 2.31. The molecule has 0 bridgehead atoms. The van der Waals surface area contributed by atoms with E-state index in [1.54, 1.807) is 14.2 Å². The van der Waals surface area contributed by atoms with E-state index >= 15 is 0 Å². The lowest BCUT2D eigenvalue weighted by Gasteiger charge is -2.41. The molecule has 2 aliphatic heterocycles. The zero-order chi connectivity index (χ0) is 23.2. The molecule has 0 unspecified atom stereocenters. The monoisotopic (exact) mass is 459 g/mol. The molecule has 0 spiro atoms. The second kappa shape index (κ2) is 11.4. The van der Waals surface area contributed by atoms with Crippen LogP contribution in [0.15, 0.2) is 12.1 Å². The van der Waals surface area contributed by atoms with Crippen LogP contribution in [0.5, 0.6) is 11.5 Å². The number of carbonyl (C=O) groups excluding carboxylic acids is 1. The molecule has 0 N–H and O–H groups in total. The van der Waals surface area contributed by atoms with Crippen molar-refractivity contribution in [2.24, 2.45) is 5.92 Å². The number of amides is 2. The van der Waals surface area contributed by atoms with Crippen LogP contribution in [0.25, 0.3) is 0 Å². The number of nitrogens with zero attached hydrogens (tertiary/aromatic N) is 3. The first kappa shape index (κ1) is 24.1. The van der Waals surface area contributed by atoms with Gasteiger partial charge in [0.25, 0.3) is 0 Å². The van der Waals surface area contributed by atoms with Crippen molar-refractivity contribution in [3.8, 4) is 11.5 Å². The normalized spacial score (nSPS) is 21.8. The number of morpholine rings is 1. The number of aryl methyl sites for hydroxylation is 1. The maximum absolute atomic E-state index is 12.8. The molecule has 2 fully saturated rings. The Labute approximate surface area is 198 Å². The van der Waals surface area contributed by atoms with E-state index in [9.17, 15) is 4.79 Å². The fourth-order valence-corrected chi connectivity index (χ4v) is 5.68. The summed E-state index contributed by atoms with van der Waals surface area (Å²) in [6.45, 7) is 9.10. The molecular weight excluding hydrogens is 418 g/mol. The van der Waals surface area contributed by atoms with Gasteiger partial charge >= 0.3 is 6.03 Å². The lowest BCUT2D eigenvalue weighted by Crippen LogP contribution is -2.51. The van der Waals surface area contributed by atoms with Crippen molar-refractivity contribution in [2.75, 3.05) is 66.7 Å². The lowest BCUT2D eigenvalue weighted by molar-refractivity contribution is 0.0383. The molecule has 0 radical (unpaired) electrons. The van der Waals surface area contributed by atoms with Crippen molar-refractivity contribution in [3.05, 3.63) is 23.3 Å². The molecule has 1 atom stereocenters. The van der Waals surface area contributed by atoms with Gasteiger partial charge in [-0.05, 0) is 74.2 Å². The quantitative estimate of drug-likeness (QED) is 0.625. The third-order valence-electron chi connectivity index (χ3n) is 7.59. The molecule has 1 aromatic rings. The van der Waals surface area contributed by atoms with Crippen molar-refractivity contribution >= 4 is 6.03 Å². The van der Waals surface area contributed by atoms with Gasteiger partial charge in [-0.2, -0.15) is 0 Å². The van der Waals surface area contributed by atoms with Gasteiger partial charge < -0.3 is 24.0 Å². The van der Waals surface area contributed by atoms with Gasteiger partial charge in [0.2, 0.25) is 0 Å². The number of fused-ring (bicyclic) bond motifs is 1. The van der Waals surface area contributed by atoms with Gasteiger partial charge in [0, 0.05) is 38.8 Å². The minimum absolute atomic E-state index is 0.204. The highest BCUT2D eigenvalue weighted by molar-refractivity contribution is 5.74. The Morgan fingerprint density at radius 1 is 1.00 bits per heavy atom. The number of likely N-dealkylation sites (tertiary alicyclic amines) is 1. The molecule has 184 valence electrons. The highest BCUT2D eigenvalue weighted by atomic mass is 16.5. The first-order valence-corrected chi connectivity index (χ1v) is 12.7. The summed E-state index contributed by atoms with van der Waals surface area (Å²) < 4.78 is 16.5. The van der Waals surface area contributed by atoms with Crippen LogP contribution in [0.2, 0.25) is 0 Å². The summed E-state index contributed by atoms with van der Waals surface area (Å²) in [7, 11) is 3.42. The van der Waals surface area contributed by atoms with Crippen molar-refractivity contribution < 1.29 is 19.0 Å². The maximum Gasteiger partial charge on any atom is 0.320 e. The summed E-state index contributed by atoms with van der Waals surface area (Å²) in [5, 5.41) is 0. The summed E-state index contributed by atoms with van der Waals surface area (Å²) in [5.74, 6) is 2.33. The van der Waals surface area contributed by atoms with Crippen molar-refractivity contribution in [1.82, 2.24) is 14.7 Å². The van der Waals surface area contributed by atoms with Crippen LogP contribution >= 0.6 is 0 Å². The van der Waals surface area contributed by atoms with Gasteiger partial charge in [-0.15, -0.1) is 0 Å². The molecule has 2 saturated heterocycles. The largest absolute Gasteiger partial charge is 0.493 e. The third-order valence-corrected chi connectivity index (χ3v) is 7.59. The molecule has 33 heavy (non-hydrogen) atoms. The Bertz CT molecular complexity index is 788. The van der Waals surface area contributed by atoms with Gasteiger partial charge in [0.05, 0.1) is 27.4 Å². The number of rotatable bonds is 7. The summed E-state index contributed by atoms with van der Waals surface area (Å²) in [6.07, 6.45) is 6.73. The number of hydrogen-bond donors (Lipinski definition) is 0. The Hall–Kier alpha value is -1.99. The maximum atomic E-state index is 12.8. The second-order valence-electron chi connectivity index (χ2n) is 9.68. The zero-order valence-electron chi connectivity index (χ0n) is 20.7. The molecule has 2 heterocycles. The van der Waals surface area contributed by atoms with E-state index < -0.39 is 0 Å². The van der Waals surface area contributed by atoms with E-state index in [0.717, 1.165) is 76.5 Å². The number of urea groups is 1. The minimum Gasteiger partial charge on any atom is -0.493 e. The van der Waals surface area contributed by atoms with Crippen LogP contribution in [-0.2, 0) is 17.6 Å². The van der Waals surface area contributed by atoms with Crippen LogP contribution in [0.4, 0.5) is 4.79 Å². The minimum atomic E-state index is 0.204. The second-order valence-corrected chi connectivity index (χ2v) is 9.68. The fraction of sp³-hybridized carbons (Fsp3) is 0.731. The first-order chi connectivity index (χ1) is 16.1. The smallest absolute Gasteiger partial charge is 0.320 e. The molecule has 2 amide bonds. The van der Waals surface area contributed by atoms with Gasteiger partial charge in [-0.25, -0.2) is 4.79 Å². The van der Waals surface area contributed by atoms with Crippen LogP contribution < -0.4 is 9.47 Å². The summed E-state index contributed by atoms with van der Waals surface area (Å²) in [4.78, 5) is 19.6. The molecule has 1 aliphatic carbocycles. The molecule has 3 aliphatic rings. The first-order valence-electron chi connectivity index (χ1n) is 12.7. The highest BCUT2D eigenvalue weighted by Crippen LogP contribution is 2.35. The van der Waals surface area contributed by atoms with E-state index in [0.29, 0.717) is 25.2 Å². The third kappa shape index (κ3) is 5.75. The van der Waals surface area contributed by atoms with Crippen molar-refractivity contribution in [3.63, 3.8) is 0 Å². The number of carbonyl (C=O) groups is 1. The Morgan fingerprint density at radius 2 is 1.64 bits per heavy atom. The SMILES string of the molecule is CCCN(CC1CCN(C(=O)N2CCOCC2)CC1)[C@@H]1CCc2cc(OC)c(OC)cc2C1. The number of hydrogen-bond acceptors (Lipinski definition) is 5. The molecule has 1 aromatic carbocycles. The number of ether oxygens (including phenoxy) is 3.